The number of anilines is 8. The van der Waals surface area contributed by atoms with E-state index in [9.17, 15) is 32.3 Å². The van der Waals surface area contributed by atoms with Crippen LogP contribution in [-0.2, 0) is 70.0 Å². The Hall–Kier alpha value is -17.2. The Morgan fingerprint density at radius 3 is 0.973 bits per heavy atom. The molecule has 0 radical (unpaired) electrons. The molecule has 0 unspecified atom stereocenters. The molecule has 33 nitrogen and oxygen atoms in total. The van der Waals surface area contributed by atoms with E-state index in [1.165, 1.54) is 6.07 Å². The van der Waals surface area contributed by atoms with Crippen LogP contribution < -0.4 is 40.9 Å². The minimum absolute atomic E-state index is 0.0225. The van der Waals surface area contributed by atoms with Crippen molar-refractivity contribution in [3.05, 3.63) is 375 Å². The number of halogens is 4. The third-order valence-corrected chi connectivity index (χ3v) is 26.3. The second-order valence-corrected chi connectivity index (χ2v) is 36.0. The van der Waals surface area contributed by atoms with Crippen molar-refractivity contribution < 1.29 is 69.0 Å². The van der Waals surface area contributed by atoms with Crippen molar-refractivity contribution in [3.8, 4) is 45.8 Å². The molecule has 11 aromatic carbocycles. The van der Waals surface area contributed by atoms with E-state index in [2.05, 4.69) is 81.7 Å². The van der Waals surface area contributed by atoms with Gasteiger partial charge in [-0.05, 0) is 95.1 Å². The first-order valence-electron chi connectivity index (χ1n) is 48.8. The topological polar surface area (TPSA) is 384 Å². The van der Waals surface area contributed by atoms with Crippen molar-refractivity contribution in [2.75, 3.05) is 146 Å². The molecular weight excluding hydrogens is 1920 g/mol. The van der Waals surface area contributed by atoms with Gasteiger partial charge in [0.15, 0.2) is 47.8 Å². The first kappa shape index (κ1) is 97.9. The number of rotatable bonds is 20. The van der Waals surface area contributed by atoms with Crippen molar-refractivity contribution in [2.24, 2.45) is 20.0 Å². The van der Waals surface area contributed by atoms with E-state index in [1.54, 1.807) is 11.1 Å². The minimum atomic E-state index is -4.51. The number of pyridine rings is 1. The maximum Gasteiger partial charge on any atom is 0.416 e. The molecule has 4 N–H and O–H groups in total. The average molecular weight is 2020 g/mol. The second-order valence-electron chi connectivity index (χ2n) is 35.6. The van der Waals surface area contributed by atoms with E-state index < -0.39 is 36.4 Å². The highest BCUT2D eigenvalue weighted by atomic mass is 35.5. The third kappa shape index (κ3) is 22.9. The van der Waals surface area contributed by atoms with Crippen molar-refractivity contribution >= 4 is 105 Å². The molecule has 149 heavy (non-hydrogen) atoms. The number of hydrogen-bond acceptors (Lipinski definition) is 33. The summed E-state index contributed by atoms with van der Waals surface area (Å²) >= 11 is 6.59. The Morgan fingerprint density at radius 2 is 0.597 bits per heavy atom. The summed E-state index contributed by atoms with van der Waals surface area (Å²) in [6, 6.07) is 91.4. The maximum atomic E-state index is 13.5. The molecule has 13 heterocycles. The molecule has 37 heteroatoms. The number of carbonyl (C=O) groups excluding carboxylic acids is 4. The molecule has 8 aliphatic rings. The minimum Gasteiger partial charge on any atom is -0.403 e. The van der Waals surface area contributed by atoms with E-state index in [4.69, 9.17) is 68.2 Å². The Balaban J connectivity index is 0.000000116. The van der Waals surface area contributed by atoms with Gasteiger partial charge in [-0.1, -0.05) is 250 Å². The standard InChI is InChI=1S/C29H24F3N5O3.C28H24ClN5O3.C28H25N5O3.C27H24N6O3/c30-29(31,32)20-10-11-22(23(17-20)37-12-14-39-15-13-37)27-35-36-28(40-27)34-26-24(38)16-19-8-4-5-9-21(19)25(33-26)18-6-2-1-3-7-18;29-23-17-20(34-12-14-36-15-13-34)10-11-22(23)27-32-33-28(37-27)31-26-24(35)16-19-8-4-5-9-21(19)25(30-26)18-6-2-1-3-7-18;34-24-18-21-8-4-5-9-23(21)25(19-6-2-1-3-7-19)29-26(24)30-28-32-31-27(36-28)20-10-12-22(13-11-20)33-14-16-35-17-15-33;34-22-17-19-9-4-5-10-20(19)23(18-7-2-1-3-8-18)29-24(22)30-27-32-31-26(36-27)21-11-6-12-28-25(21)33-13-15-35-16-14-33/h1-11,17,26H,12-16H2,(H,34,36);1-11,17,26H,12-16H2,(H,31,33);1-13,26H,14-18H2,(H,30,32);1-12,24H,13-17H2,(H,30,32)/t3*26-;24-/m1111/s1. The molecule has 16 aromatic rings. The molecule has 5 aromatic heterocycles. The number of aromatic nitrogens is 9. The highest BCUT2D eigenvalue weighted by Crippen LogP contribution is 2.41. The number of fused-ring (bicyclic) bond motifs is 4. The Bertz CT molecular complexity index is 7620. The first-order valence-corrected chi connectivity index (χ1v) is 49.2. The van der Waals surface area contributed by atoms with Crippen molar-refractivity contribution in [2.45, 2.75) is 56.5 Å². The van der Waals surface area contributed by atoms with E-state index in [0.717, 1.165) is 177 Å². The number of nitrogens with one attached hydrogen (secondary N) is 4. The Morgan fingerprint density at radius 1 is 0.289 bits per heavy atom. The summed E-state index contributed by atoms with van der Waals surface area (Å²) in [5.41, 5.74) is 18.1. The van der Waals surface area contributed by atoms with Crippen LogP contribution in [0.1, 0.15) is 72.3 Å². The van der Waals surface area contributed by atoms with Crippen LogP contribution in [0.4, 0.5) is 60.1 Å². The van der Waals surface area contributed by atoms with Gasteiger partial charge in [-0.2, -0.15) is 13.2 Å². The van der Waals surface area contributed by atoms with Gasteiger partial charge < -0.3 is 77.5 Å². The highest BCUT2D eigenvalue weighted by Gasteiger charge is 2.37. The first-order chi connectivity index (χ1) is 73.0. The van der Waals surface area contributed by atoms with E-state index >= 15 is 0 Å². The number of Topliss-reactive ketones (excluding diaryl/α,β-unsaturated/α-hetero) is 4. The van der Waals surface area contributed by atoms with Crippen LogP contribution in [-0.4, -0.2) is 222 Å². The number of carbonyl (C=O) groups is 4. The molecular formula is C112H97ClF3N21O12. The fourth-order valence-electron chi connectivity index (χ4n) is 18.5. The predicted molar refractivity (Wildman–Crippen MR) is 557 cm³/mol. The highest BCUT2D eigenvalue weighted by molar-refractivity contribution is 6.33. The van der Waals surface area contributed by atoms with Gasteiger partial charge in [-0.15, -0.1) is 20.4 Å². The van der Waals surface area contributed by atoms with Crippen molar-refractivity contribution in [1.82, 2.24) is 45.8 Å². The lowest BCUT2D eigenvalue weighted by atomic mass is 9.96. The smallest absolute Gasteiger partial charge is 0.403 e. The van der Waals surface area contributed by atoms with E-state index in [-0.39, 0.29) is 84.7 Å². The van der Waals surface area contributed by atoms with Gasteiger partial charge in [0.05, 0.1) is 109 Å². The number of alkyl halides is 3. The quantitative estimate of drug-likeness (QED) is 0.0550. The summed E-state index contributed by atoms with van der Waals surface area (Å²) in [5.74, 6) is 1.32. The van der Waals surface area contributed by atoms with Gasteiger partial charge in [-0.3, -0.25) is 39.1 Å². The van der Waals surface area contributed by atoms with E-state index in [1.807, 2.05) is 273 Å². The molecule has 4 saturated heterocycles. The zero-order valence-electron chi connectivity index (χ0n) is 80.3. The summed E-state index contributed by atoms with van der Waals surface area (Å²) in [5, 5.41) is 45.7. The largest absolute Gasteiger partial charge is 0.416 e. The molecule has 0 spiro atoms. The lowest BCUT2D eigenvalue weighted by Crippen LogP contribution is -2.37. The third-order valence-electron chi connectivity index (χ3n) is 26.0. The summed E-state index contributed by atoms with van der Waals surface area (Å²) in [4.78, 5) is 85.0. The normalized spacial score (nSPS) is 17.7. The Labute approximate surface area is 857 Å². The molecule has 24 rings (SSSR count). The Kier molecular flexibility index (Phi) is 29.7. The van der Waals surface area contributed by atoms with Gasteiger partial charge in [-0.25, -0.2) is 4.98 Å². The predicted octanol–water partition coefficient (Wildman–Crippen LogP) is 17.0. The number of ketones is 4. The molecule has 0 amide bonds. The average Bonchev–Trinajstić information content (AvgIpc) is 1.71. The van der Waals surface area contributed by atoms with Crippen molar-refractivity contribution in [1.29, 1.82) is 0 Å². The van der Waals surface area contributed by atoms with E-state index in [0.29, 0.717) is 92.1 Å². The van der Waals surface area contributed by atoms with Gasteiger partial charge >= 0.3 is 30.2 Å². The van der Waals surface area contributed by atoms with Crippen LogP contribution >= 0.6 is 11.6 Å². The van der Waals surface area contributed by atoms with Crippen LogP contribution in [0.2, 0.25) is 5.02 Å². The number of aliphatic imine (C=N–C) groups is 4. The SMILES string of the molecule is O=C1Cc2ccccc2C(c2ccccc2)=N[C@@H]1Nc1nnc(-c2ccc(C(F)(F)F)cc2N2CCOCC2)o1.O=C1Cc2ccccc2C(c2ccccc2)=N[C@@H]1Nc1nnc(-c2ccc(N3CCOCC3)cc2)o1.O=C1Cc2ccccc2C(c2ccccc2)=N[C@@H]1Nc1nnc(-c2ccc(N3CCOCC3)cc2Cl)o1.O=C1Cc2ccccc2C(c2ccccc2)=N[C@@H]1Nc1nnc(-c2cccnc2N2CCOCC2)o1. The summed E-state index contributed by atoms with van der Waals surface area (Å²) in [6.45, 7) is 10.6. The van der Waals surface area contributed by atoms with Crippen LogP contribution in [0.15, 0.2) is 335 Å². The molecule has 0 saturated carbocycles. The maximum absolute atomic E-state index is 13.5. The molecule has 0 bridgehead atoms. The lowest BCUT2D eigenvalue weighted by Gasteiger charge is -2.30. The van der Waals surface area contributed by atoms with Crippen LogP contribution in [0, 0.1) is 0 Å². The fraction of sp³-hybridized carbons (Fsp3) is 0.223. The molecule has 750 valence electrons. The van der Waals surface area contributed by atoms with Gasteiger partial charge in [0.2, 0.25) is 5.89 Å². The number of nitrogens with zero attached hydrogens (tertiary/aromatic N) is 17. The number of morpholine rings is 4. The summed E-state index contributed by atoms with van der Waals surface area (Å²) < 4.78 is 85.8. The fourth-order valence-corrected chi connectivity index (χ4v) is 18.8. The lowest BCUT2D eigenvalue weighted by molar-refractivity contribution is -0.137. The summed E-state index contributed by atoms with van der Waals surface area (Å²) in [7, 11) is 0. The number of ether oxygens (including phenoxy) is 4. The summed E-state index contributed by atoms with van der Waals surface area (Å²) in [6.07, 6.45) is -5.47. The van der Waals surface area contributed by atoms with Gasteiger partial charge in [0, 0.05) is 146 Å². The zero-order valence-corrected chi connectivity index (χ0v) is 81.0. The molecule has 4 fully saturated rings. The van der Waals surface area contributed by atoms with Crippen LogP contribution in [0.25, 0.3) is 45.8 Å². The van der Waals surface area contributed by atoms with Gasteiger partial charge in [0.1, 0.15) is 5.82 Å². The second kappa shape index (κ2) is 45.2. The number of benzene rings is 11. The zero-order chi connectivity index (χ0) is 102. The van der Waals surface area contributed by atoms with Crippen molar-refractivity contribution in [3.63, 3.8) is 0 Å². The van der Waals surface area contributed by atoms with Crippen LogP contribution in [0.5, 0.6) is 0 Å². The number of hydrogen-bond donors (Lipinski definition) is 4. The molecule has 4 atom stereocenters. The monoisotopic (exact) mass is 2020 g/mol. The van der Waals surface area contributed by atoms with Gasteiger partial charge in [0.25, 0.3) is 17.7 Å². The molecule has 8 aliphatic heterocycles. The molecule has 0 aliphatic carbocycles. The van der Waals surface area contributed by atoms with Crippen LogP contribution in [0.3, 0.4) is 0 Å².